The zero-order valence-corrected chi connectivity index (χ0v) is 15.0. The van der Waals surface area contributed by atoms with Crippen molar-refractivity contribution in [3.63, 3.8) is 0 Å². The first-order valence-corrected chi connectivity index (χ1v) is 8.52. The molecule has 23 heavy (non-hydrogen) atoms. The van der Waals surface area contributed by atoms with Crippen molar-refractivity contribution in [3.05, 3.63) is 29.5 Å². The monoisotopic (exact) mass is 316 g/mol. The lowest BCUT2D eigenvalue weighted by molar-refractivity contribution is -0.132. The summed E-state index contributed by atoms with van der Waals surface area (Å²) in [5.41, 5.74) is 3.74. The predicted molar refractivity (Wildman–Crippen MR) is 95.1 cm³/mol. The van der Waals surface area contributed by atoms with Crippen molar-refractivity contribution in [2.45, 2.75) is 40.5 Å². The van der Waals surface area contributed by atoms with E-state index in [1.807, 2.05) is 26.0 Å². The Hall–Kier alpha value is -1.97. The van der Waals surface area contributed by atoms with E-state index in [2.05, 4.69) is 31.5 Å². The summed E-state index contributed by atoms with van der Waals surface area (Å²) in [5.74, 6) is 0.822. The molecule has 0 atom stereocenters. The minimum absolute atomic E-state index is 0.0340. The van der Waals surface area contributed by atoms with Gasteiger partial charge in [0.15, 0.2) is 6.61 Å². The Morgan fingerprint density at radius 1 is 1.22 bits per heavy atom. The van der Waals surface area contributed by atoms with Gasteiger partial charge >= 0.3 is 0 Å². The van der Waals surface area contributed by atoms with Gasteiger partial charge in [-0.15, -0.1) is 0 Å². The molecule has 0 aliphatic heterocycles. The number of nitrogens with zero attached hydrogens (tertiary/aromatic N) is 2. The number of hydrogen-bond donors (Lipinski definition) is 0. The van der Waals surface area contributed by atoms with E-state index < -0.39 is 0 Å². The Balaban J connectivity index is 2.32. The van der Waals surface area contributed by atoms with Gasteiger partial charge in [0.25, 0.3) is 5.91 Å². The van der Waals surface area contributed by atoms with Crippen LogP contribution in [0.2, 0.25) is 0 Å². The van der Waals surface area contributed by atoms with Crippen molar-refractivity contribution in [2.24, 2.45) is 7.05 Å². The van der Waals surface area contributed by atoms with Crippen molar-refractivity contribution >= 4 is 16.8 Å². The Morgan fingerprint density at radius 2 is 1.91 bits per heavy atom. The van der Waals surface area contributed by atoms with Gasteiger partial charge in [0.05, 0.1) is 5.52 Å². The third kappa shape index (κ3) is 3.36. The first-order chi connectivity index (χ1) is 11.0. The number of hydrogen-bond acceptors (Lipinski definition) is 2. The van der Waals surface area contributed by atoms with E-state index in [9.17, 15) is 4.79 Å². The fraction of sp³-hybridized carbons (Fsp3) is 0.526. The lowest BCUT2D eigenvalue weighted by atomic mass is 10.1. The van der Waals surface area contributed by atoms with E-state index >= 15 is 0 Å². The van der Waals surface area contributed by atoms with Gasteiger partial charge in [0, 0.05) is 31.2 Å². The van der Waals surface area contributed by atoms with Crippen LogP contribution in [0, 0.1) is 6.92 Å². The minimum Gasteiger partial charge on any atom is -0.482 e. The van der Waals surface area contributed by atoms with Crippen LogP contribution in [0.4, 0.5) is 0 Å². The summed E-state index contributed by atoms with van der Waals surface area (Å²) in [6.45, 7) is 9.84. The number of aryl methyl sites for hydroxylation is 2. The first-order valence-electron chi connectivity index (χ1n) is 8.52. The fourth-order valence-electron chi connectivity index (χ4n) is 3.17. The molecule has 4 nitrogen and oxygen atoms in total. The summed E-state index contributed by atoms with van der Waals surface area (Å²) in [6, 6.07) is 6.11. The molecule has 1 aromatic carbocycles. The number of amides is 1. The van der Waals surface area contributed by atoms with Gasteiger partial charge in [0.1, 0.15) is 5.75 Å². The lowest BCUT2D eigenvalue weighted by Gasteiger charge is -2.19. The topological polar surface area (TPSA) is 34.5 Å². The van der Waals surface area contributed by atoms with E-state index in [-0.39, 0.29) is 12.5 Å². The predicted octanol–water partition coefficient (Wildman–Crippen LogP) is 3.69. The summed E-state index contributed by atoms with van der Waals surface area (Å²) < 4.78 is 8.06. The molecule has 0 aliphatic rings. The summed E-state index contributed by atoms with van der Waals surface area (Å²) in [5, 5.41) is 1.24. The molecule has 4 heteroatoms. The van der Waals surface area contributed by atoms with Crippen LogP contribution in [0.25, 0.3) is 10.9 Å². The number of likely N-dealkylation sites (N-methyl/N-ethyl adjacent to an activating group) is 1. The smallest absolute Gasteiger partial charge is 0.260 e. The third-order valence-corrected chi connectivity index (χ3v) is 4.57. The van der Waals surface area contributed by atoms with Crippen LogP contribution in [0.5, 0.6) is 5.75 Å². The van der Waals surface area contributed by atoms with E-state index in [0.29, 0.717) is 13.1 Å². The van der Waals surface area contributed by atoms with Gasteiger partial charge in [-0.2, -0.15) is 0 Å². The molecule has 0 radical (unpaired) electrons. The van der Waals surface area contributed by atoms with Gasteiger partial charge < -0.3 is 14.2 Å². The second kappa shape index (κ2) is 7.53. The molecule has 1 aromatic heterocycles. The summed E-state index contributed by atoms with van der Waals surface area (Å²) in [6.07, 6.45) is 2.18. The number of para-hydroxylation sites is 1. The maximum absolute atomic E-state index is 12.2. The Bertz CT molecular complexity index is 684. The standard InChI is InChI=1S/C19H28N2O2/c1-6-10-15-14(4)20(5)19-16(15)11-9-12-17(19)23-13-18(22)21(7-2)8-3/h9,11-12H,6-8,10,13H2,1-5H3. The molecule has 0 unspecified atom stereocenters. The highest BCUT2D eigenvalue weighted by atomic mass is 16.5. The lowest BCUT2D eigenvalue weighted by Crippen LogP contribution is -2.34. The largest absolute Gasteiger partial charge is 0.482 e. The average Bonchev–Trinajstić information content (AvgIpc) is 2.80. The molecular weight excluding hydrogens is 288 g/mol. The summed E-state index contributed by atoms with van der Waals surface area (Å²) >= 11 is 0. The van der Waals surface area contributed by atoms with Crippen LogP contribution >= 0.6 is 0 Å². The molecule has 0 saturated heterocycles. The Labute approximate surface area is 139 Å². The zero-order valence-electron chi connectivity index (χ0n) is 15.0. The maximum atomic E-state index is 12.2. The van der Waals surface area contributed by atoms with Crippen molar-refractivity contribution in [1.82, 2.24) is 9.47 Å². The number of aromatic nitrogens is 1. The number of benzene rings is 1. The number of carbonyl (C=O) groups excluding carboxylic acids is 1. The van der Waals surface area contributed by atoms with Gasteiger partial charge in [-0.05, 0) is 38.8 Å². The second-order valence-corrected chi connectivity index (χ2v) is 5.88. The number of rotatable bonds is 7. The van der Waals surface area contributed by atoms with E-state index in [1.54, 1.807) is 4.90 Å². The molecule has 1 heterocycles. The molecule has 0 spiro atoms. The summed E-state index contributed by atoms with van der Waals surface area (Å²) in [4.78, 5) is 14.0. The van der Waals surface area contributed by atoms with Crippen LogP contribution in [-0.2, 0) is 18.3 Å². The quantitative estimate of drug-likeness (QED) is 0.781. The fourth-order valence-corrected chi connectivity index (χ4v) is 3.17. The van der Waals surface area contributed by atoms with Crippen molar-refractivity contribution in [1.29, 1.82) is 0 Å². The van der Waals surface area contributed by atoms with Gasteiger partial charge in [0.2, 0.25) is 0 Å². The highest BCUT2D eigenvalue weighted by Crippen LogP contribution is 2.32. The molecular formula is C19H28N2O2. The minimum atomic E-state index is 0.0340. The highest BCUT2D eigenvalue weighted by molar-refractivity contribution is 5.90. The van der Waals surface area contributed by atoms with Crippen LogP contribution in [0.1, 0.15) is 38.4 Å². The van der Waals surface area contributed by atoms with Crippen molar-refractivity contribution in [2.75, 3.05) is 19.7 Å². The van der Waals surface area contributed by atoms with E-state index in [1.165, 1.54) is 16.6 Å². The Morgan fingerprint density at radius 3 is 2.52 bits per heavy atom. The molecule has 1 amide bonds. The van der Waals surface area contributed by atoms with Gasteiger partial charge in [-0.1, -0.05) is 25.5 Å². The molecule has 0 fully saturated rings. The van der Waals surface area contributed by atoms with E-state index in [0.717, 1.165) is 24.1 Å². The molecule has 0 bridgehead atoms. The normalized spacial score (nSPS) is 11.0. The second-order valence-electron chi connectivity index (χ2n) is 5.88. The molecule has 0 N–H and O–H groups in total. The molecule has 2 aromatic rings. The third-order valence-electron chi connectivity index (χ3n) is 4.57. The molecule has 2 rings (SSSR count). The number of ether oxygens (including phenoxy) is 1. The van der Waals surface area contributed by atoms with Crippen LogP contribution < -0.4 is 4.74 Å². The van der Waals surface area contributed by atoms with Crippen LogP contribution in [0.3, 0.4) is 0 Å². The molecule has 0 saturated carbocycles. The van der Waals surface area contributed by atoms with Crippen molar-refractivity contribution in [3.8, 4) is 5.75 Å². The van der Waals surface area contributed by atoms with E-state index in [4.69, 9.17) is 4.74 Å². The van der Waals surface area contributed by atoms with Gasteiger partial charge in [-0.25, -0.2) is 0 Å². The maximum Gasteiger partial charge on any atom is 0.260 e. The molecule has 126 valence electrons. The van der Waals surface area contributed by atoms with Crippen LogP contribution in [0.15, 0.2) is 18.2 Å². The van der Waals surface area contributed by atoms with Crippen LogP contribution in [-0.4, -0.2) is 35.1 Å². The van der Waals surface area contributed by atoms with Gasteiger partial charge in [-0.3, -0.25) is 4.79 Å². The average molecular weight is 316 g/mol. The summed E-state index contributed by atoms with van der Waals surface area (Å²) in [7, 11) is 2.07. The number of fused-ring (bicyclic) bond motifs is 1. The Kier molecular flexibility index (Phi) is 5.69. The SMILES string of the molecule is CCCc1c(C)n(C)c2c(OCC(=O)N(CC)CC)cccc12. The molecule has 0 aliphatic carbocycles. The first kappa shape index (κ1) is 17.4. The zero-order chi connectivity index (χ0) is 17.0. The van der Waals surface area contributed by atoms with Crippen molar-refractivity contribution < 1.29 is 9.53 Å². The number of carbonyl (C=O) groups is 1. The highest BCUT2D eigenvalue weighted by Gasteiger charge is 2.16.